The van der Waals surface area contributed by atoms with E-state index in [4.69, 9.17) is 6.42 Å². The number of benzene rings is 2. The second-order valence-electron chi connectivity index (χ2n) is 8.96. The monoisotopic (exact) mass is 485 g/mol. The van der Waals surface area contributed by atoms with Gasteiger partial charge in [-0.05, 0) is 41.3 Å². The molecule has 2 aromatic carbocycles. The summed E-state index contributed by atoms with van der Waals surface area (Å²) in [7, 11) is -4.13. The highest BCUT2D eigenvalue weighted by Gasteiger charge is 2.36. The van der Waals surface area contributed by atoms with Crippen LogP contribution in [0.5, 0.6) is 0 Å². The van der Waals surface area contributed by atoms with E-state index in [1.807, 2.05) is 20.8 Å². The van der Waals surface area contributed by atoms with Gasteiger partial charge < -0.3 is 5.32 Å². The van der Waals surface area contributed by atoms with Crippen molar-refractivity contribution in [1.29, 1.82) is 0 Å². The number of nitrogens with zero attached hydrogens (tertiary/aromatic N) is 2. The van der Waals surface area contributed by atoms with Crippen molar-refractivity contribution in [3.8, 4) is 12.3 Å². The number of pyridine rings is 1. The summed E-state index contributed by atoms with van der Waals surface area (Å²) in [5, 5.41) is 2.86. The van der Waals surface area contributed by atoms with Crippen LogP contribution >= 0.6 is 0 Å². The molecule has 0 atom stereocenters. The fourth-order valence-corrected chi connectivity index (χ4v) is 5.21. The molecule has 3 aromatic rings. The van der Waals surface area contributed by atoms with E-state index in [0.29, 0.717) is 0 Å². The third kappa shape index (κ3) is 4.21. The molecule has 0 bridgehead atoms. The van der Waals surface area contributed by atoms with E-state index in [9.17, 15) is 21.6 Å². The molecule has 0 unspecified atom stereocenters. The van der Waals surface area contributed by atoms with Crippen LogP contribution in [0.2, 0.25) is 0 Å². The van der Waals surface area contributed by atoms with Gasteiger partial charge in [-0.3, -0.25) is 4.31 Å². The van der Waals surface area contributed by atoms with Crippen molar-refractivity contribution in [3.05, 3.63) is 77.0 Å². The smallest absolute Gasteiger partial charge is 0.338 e. The van der Waals surface area contributed by atoms with Crippen LogP contribution in [0.3, 0.4) is 0 Å². The predicted octanol–water partition coefficient (Wildman–Crippen LogP) is 5.83. The second-order valence-corrected chi connectivity index (χ2v) is 10.8. The summed E-state index contributed by atoms with van der Waals surface area (Å²) < 4.78 is 68.5. The minimum absolute atomic E-state index is 0.0431. The van der Waals surface area contributed by atoms with E-state index >= 15 is 0 Å². The lowest BCUT2D eigenvalue weighted by atomic mass is 9.87. The molecule has 2 heterocycles. The lowest BCUT2D eigenvalue weighted by molar-refractivity contribution is -0.141. The molecule has 0 spiro atoms. The maximum Gasteiger partial charge on any atom is 0.433 e. The molecule has 176 valence electrons. The molecule has 1 N–H and O–H groups in total. The Bertz CT molecular complexity index is 1400. The maximum atomic E-state index is 13.8. The van der Waals surface area contributed by atoms with Crippen molar-refractivity contribution in [3.63, 3.8) is 0 Å². The summed E-state index contributed by atoms with van der Waals surface area (Å²) in [4.78, 5) is 3.76. The number of nitrogens with one attached hydrogen (secondary N) is 1. The molecule has 1 aliphatic heterocycles. The molecule has 1 aliphatic rings. The quantitative estimate of drug-likeness (QED) is 0.464. The zero-order valence-corrected chi connectivity index (χ0v) is 19.6. The number of rotatable bonds is 2. The number of fused-ring (bicyclic) bond motifs is 2. The fourth-order valence-electron chi connectivity index (χ4n) is 3.73. The standard InChI is InChI=1S/C25H22F3N3O2S/c1-5-16-7-6-8-20-22(16)31(15-17-9-14-21(25(26,27)28)30-23(17)29-20)34(32,33)19-12-10-18(11-13-19)24(2,3)4/h1,6-14H,15H2,2-4H3,(H,29,30). The van der Waals surface area contributed by atoms with Gasteiger partial charge in [0.25, 0.3) is 10.0 Å². The lowest BCUT2D eigenvalue weighted by Crippen LogP contribution is -2.31. The van der Waals surface area contributed by atoms with Gasteiger partial charge >= 0.3 is 6.18 Å². The molecule has 0 amide bonds. The Morgan fingerprint density at radius 2 is 1.71 bits per heavy atom. The summed E-state index contributed by atoms with van der Waals surface area (Å²) in [6.07, 6.45) is 1.01. The third-order valence-corrected chi connectivity index (χ3v) is 7.35. The van der Waals surface area contributed by atoms with Crippen LogP contribution < -0.4 is 9.62 Å². The Kier molecular flexibility index (Phi) is 5.61. The molecule has 4 rings (SSSR count). The first-order valence-corrected chi connectivity index (χ1v) is 11.8. The third-order valence-electron chi connectivity index (χ3n) is 5.59. The number of alkyl halides is 3. The predicted molar refractivity (Wildman–Crippen MR) is 125 cm³/mol. The van der Waals surface area contributed by atoms with Crippen LogP contribution in [0, 0.1) is 12.3 Å². The van der Waals surface area contributed by atoms with E-state index in [-0.39, 0.29) is 45.2 Å². The number of anilines is 3. The van der Waals surface area contributed by atoms with Gasteiger partial charge in [0.15, 0.2) is 0 Å². The average Bonchev–Trinajstić information content (AvgIpc) is 2.94. The van der Waals surface area contributed by atoms with Crippen molar-refractivity contribution in [2.75, 3.05) is 9.62 Å². The highest BCUT2D eigenvalue weighted by Crippen LogP contribution is 2.41. The van der Waals surface area contributed by atoms with Crippen molar-refractivity contribution in [2.45, 2.75) is 43.8 Å². The lowest BCUT2D eigenvalue weighted by Gasteiger charge is -2.26. The number of hydrogen-bond acceptors (Lipinski definition) is 4. The largest absolute Gasteiger partial charge is 0.433 e. The number of halogens is 3. The highest BCUT2D eigenvalue weighted by molar-refractivity contribution is 7.92. The van der Waals surface area contributed by atoms with Crippen LogP contribution in [0.4, 0.5) is 30.4 Å². The summed E-state index contributed by atoms with van der Waals surface area (Å²) in [6, 6.07) is 13.4. The summed E-state index contributed by atoms with van der Waals surface area (Å²) in [5.41, 5.74) is 0.697. The van der Waals surface area contributed by atoms with Gasteiger partial charge in [-0.1, -0.05) is 51.0 Å². The minimum Gasteiger partial charge on any atom is -0.338 e. The van der Waals surface area contributed by atoms with Gasteiger partial charge in [0.2, 0.25) is 0 Å². The van der Waals surface area contributed by atoms with Crippen LogP contribution in [-0.4, -0.2) is 13.4 Å². The molecule has 0 aliphatic carbocycles. The number of aromatic nitrogens is 1. The molecule has 34 heavy (non-hydrogen) atoms. The van der Waals surface area contributed by atoms with Crippen LogP contribution in [0.1, 0.15) is 43.2 Å². The Morgan fingerprint density at radius 1 is 1.03 bits per heavy atom. The van der Waals surface area contributed by atoms with Crippen LogP contribution in [0.15, 0.2) is 59.5 Å². The van der Waals surface area contributed by atoms with E-state index in [1.165, 1.54) is 18.2 Å². The average molecular weight is 486 g/mol. The number of para-hydroxylation sites is 1. The molecule has 1 aromatic heterocycles. The minimum atomic E-state index is -4.65. The van der Waals surface area contributed by atoms with Crippen molar-refractivity contribution >= 4 is 27.2 Å². The second kappa shape index (κ2) is 8.06. The molecule has 0 saturated heterocycles. The maximum absolute atomic E-state index is 13.8. The molecular formula is C25H22F3N3O2S. The number of hydrogen-bond donors (Lipinski definition) is 1. The Hall–Kier alpha value is -3.51. The van der Waals surface area contributed by atoms with Gasteiger partial charge in [0.05, 0.1) is 28.4 Å². The topological polar surface area (TPSA) is 62.3 Å². The first-order valence-electron chi connectivity index (χ1n) is 10.4. The first-order chi connectivity index (χ1) is 15.8. The van der Waals surface area contributed by atoms with Gasteiger partial charge in [0.1, 0.15) is 11.5 Å². The number of sulfonamides is 1. The molecular weight excluding hydrogens is 463 g/mol. The molecule has 9 heteroatoms. The highest BCUT2D eigenvalue weighted by atomic mass is 32.2. The van der Waals surface area contributed by atoms with Crippen LogP contribution in [0.25, 0.3) is 0 Å². The van der Waals surface area contributed by atoms with Gasteiger partial charge in [-0.25, -0.2) is 13.4 Å². The van der Waals surface area contributed by atoms with E-state index < -0.39 is 21.9 Å². The Morgan fingerprint density at radius 3 is 2.29 bits per heavy atom. The van der Waals surface area contributed by atoms with E-state index in [2.05, 4.69) is 16.2 Å². The zero-order chi connectivity index (χ0) is 24.9. The van der Waals surface area contributed by atoms with E-state index in [0.717, 1.165) is 15.9 Å². The normalized spacial score (nSPS) is 13.9. The fraction of sp³-hybridized carbons (Fsp3) is 0.240. The summed E-state index contributed by atoms with van der Waals surface area (Å²) in [6.45, 7) is 5.81. The zero-order valence-electron chi connectivity index (χ0n) is 18.7. The Balaban J connectivity index is 1.89. The van der Waals surface area contributed by atoms with Gasteiger partial charge in [-0.2, -0.15) is 13.2 Å². The molecule has 0 fully saturated rings. The summed E-state index contributed by atoms with van der Waals surface area (Å²) in [5.74, 6) is 2.40. The first kappa shape index (κ1) is 23.6. The van der Waals surface area contributed by atoms with Crippen LogP contribution in [-0.2, 0) is 28.2 Å². The van der Waals surface area contributed by atoms with Crippen molar-refractivity contribution in [1.82, 2.24) is 4.98 Å². The van der Waals surface area contributed by atoms with E-state index in [1.54, 1.807) is 30.3 Å². The Labute approximate surface area is 196 Å². The van der Waals surface area contributed by atoms with Gasteiger partial charge in [0, 0.05) is 5.56 Å². The molecule has 0 radical (unpaired) electrons. The number of terminal acetylenes is 1. The summed E-state index contributed by atoms with van der Waals surface area (Å²) >= 11 is 0. The van der Waals surface area contributed by atoms with Crippen molar-refractivity contribution in [2.24, 2.45) is 0 Å². The SMILES string of the molecule is C#Cc1cccc2c1N(S(=O)(=O)c1ccc(C(C)(C)C)cc1)Cc1ccc(C(F)(F)F)nc1N2. The molecule has 5 nitrogen and oxygen atoms in total. The van der Waals surface area contributed by atoms with Crippen molar-refractivity contribution < 1.29 is 21.6 Å². The molecule has 0 saturated carbocycles. The van der Waals surface area contributed by atoms with Gasteiger partial charge in [-0.15, -0.1) is 6.42 Å².